The fourth-order valence-corrected chi connectivity index (χ4v) is 1.65. The number of hydrogen-bond acceptors (Lipinski definition) is 2. The molecule has 1 aromatic rings. The molecule has 0 aliphatic heterocycles. The van der Waals surface area contributed by atoms with Crippen molar-refractivity contribution in [1.29, 1.82) is 0 Å². The Hall–Kier alpha value is -0.830. The second-order valence-corrected chi connectivity index (χ2v) is 2.99. The first kappa shape index (κ1) is 6.85. The smallest absolute Gasteiger partial charge is 0.0778 e. The molecule has 11 heavy (non-hydrogen) atoms. The van der Waals surface area contributed by atoms with E-state index in [1.165, 1.54) is 0 Å². The second kappa shape index (κ2) is 2.66. The molecule has 1 saturated carbocycles. The van der Waals surface area contributed by atoms with E-state index in [1.54, 1.807) is 17.1 Å². The quantitative estimate of drug-likeness (QED) is 0.643. The van der Waals surface area contributed by atoms with Gasteiger partial charge in [0, 0.05) is 12.3 Å². The van der Waals surface area contributed by atoms with E-state index in [2.05, 4.69) is 11.2 Å². The van der Waals surface area contributed by atoms with Crippen LogP contribution in [-0.2, 0) is 0 Å². The average molecular weight is 151 g/mol. The summed E-state index contributed by atoms with van der Waals surface area (Å²) in [6.07, 6.45) is 6.26. The fourth-order valence-electron chi connectivity index (χ4n) is 1.65. The molecule has 0 bridgehead atoms. The van der Waals surface area contributed by atoms with E-state index >= 15 is 0 Å². The van der Waals surface area contributed by atoms with Crippen molar-refractivity contribution in [3.63, 3.8) is 0 Å². The Balaban J connectivity index is 2.16. The number of aliphatic hydroxyl groups excluding tert-OH is 1. The van der Waals surface area contributed by atoms with Crippen LogP contribution in [0.2, 0.25) is 0 Å². The van der Waals surface area contributed by atoms with E-state index in [-0.39, 0.29) is 12.1 Å². The van der Waals surface area contributed by atoms with Gasteiger partial charge in [-0.15, -0.1) is 0 Å². The van der Waals surface area contributed by atoms with Crippen molar-refractivity contribution in [3.8, 4) is 0 Å². The van der Waals surface area contributed by atoms with Gasteiger partial charge in [0.1, 0.15) is 0 Å². The topological polar surface area (TPSA) is 38.0 Å². The molecule has 0 amide bonds. The molecule has 3 nitrogen and oxygen atoms in total. The Morgan fingerprint density at radius 1 is 1.55 bits per heavy atom. The molecule has 2 rings (SSSR count). The molecule has 1 fully saturated rings. The van der Waals surface area contributed by atoms with Gasteiger partial charge in [0.15, 0.2) is 0 Å². The molecule has 2 atom stereocenters. The standard InChI is InChI=1S/C8H11N2O/c11-8-4-1-3-7(8)10-6-2-5-9-10/h5-8,11H,1,3-4H2. The molecule has 1 radical (unpaired) electrons. The Bertz CT molecular complexity index is 220. The summed E-state index contributed by atoms with van der Waals surface area (Å²) in [6.45, 7) is 0. The van der Waals surface area contributed by atoms with Crippen molar-refractivity contribution in [2.45, 2.75) is 31.4 Å². The van der Waals surface area contributed by atoms with E-state index in [0.29, 0.717) is 0 Å². The molecule has 3 heteroatoms. The Labute approximate surface area is 65.7 Å². The number of aromatic nitrogens is 2. The third kappa shape index (κ3) is 1.16. The SMILES string of the molecule is OC1CCCC1n1c[c]cn1. The van der Waals surface area contributed by atoms with Crippen molar-refractivity contribution in [3.05, 3.63) is 18.5 Å². The highest BCUT2D eigenvalue weighted by atomic mass is 16.3. The lowest BCUT2D eigenvalue weighted by molar-refractivity contribution is 0.130. The monoisotopic (exact) mass is 151 g/mol. The van der Waals surface area contributed by atoms with Crippen LogP contribution < -0.4 is 0 Å². The first-order chi connectivity index (χ1) is 5.38. The highest BCUT2D eigenvalue weighted by Gasteiger charge is 2.26. The summed E-state index contributed by atoms with van der Waals surface area (Å²) in [4.78, 5) is 0. The van der Waals surface area contributed by atoms with E-state index in [4.69, 9.17) is 0 Å². The molecule has 0 aromatic carbocycles. The predicted molar refractivity (Wildman–Crippen MR) is 40.0 cm³/mol. The second-order valence-electron chi connectivity index (χ2n) is 2.99. The normalized spacial score (nSPS) is 31.0. The van der Waals surface area contributed by atoms with Crippen LogP contribution in [0, 0.1) is 6.07 Å². The third-order valence-electron chi connectivity index (χ3n) is 2.26. The highest BCUT2D eigenvalue weighted by molar-refractivity contribution is 4.86. The maximum atomic E-state index is 9.49. The number of hydrogen-bond donors (Lipinski definition) is 1. The summed E-state index contributed by atoms with van der Waals surface area (Å²) in [5.74, 6) is 0. The van der Waals surface area contributed by atoms with Gasteiger partial charge in [-0.2, -0.15) is 5.10 Å². The van der Waals surface area contributed by atoms with E-state index < -0.39 is 0 Å². The molecule has 0 saturated heterocycles. The number of aliphatic hydroxyl groups is 1. The summed E-state index contributed by atoms with van der Waals surface area (Å²) in [7, 11) is 0. The molecule has 0 spiro atoms. The van der Waals surface area contributed by atoms with E-state index in [0.717, 1.165) is 19.3 Å². The maximum absolute atomic E-state index is 9.49. The van der Waals surface area contributed by atoms with Gasteiger partial charge in [0.05, 0.1) is 18.3 Å². The number of nitrogens with zero attached hydrogens (tertiary/aromatic N) is 2. The molecule has 1 aromatic heterocycles. The third-order valence-corrected chi connectivity index (χ3v) is 2.26. The van der Waals surface area contributed by atoms with Crippen LogP contribution in [0.15, 0.2) is 12.4 Å². The van der Waals surface area contributed by atoms with Gasteiger partial charge < -0.3 is 5.11 Å². The lowest BCUT2D eigenvalue weighted by Gasteiger charge is -2.13. The van der Waals surface area contributed by atoms with Crippen molar-refractivity contribution < 1.29 is 5.11 Å². The zero-order valence-corrected chi connectivity index (χ0v) is 6.27. The van der Waals surface area contributed by atoms with Gasteiger partial charge in [-0.3, -0.25) is 4.68 Å². The summed E-state index contributed by atoms with van der Waals surface area (Å²) < 4.78 is 1.80. The molecule has 1 aliphatic rings. The van der Waals surface area contributed by atoms with Crippen LogP contribution in [0.5, 0.6) is 0 Å². The predicted octanol–water partition coefficient (Wildman–Crippen LogP) is 0.769. The van der Waals surface area contributed by atoms with Crippen LogP contribution in [0.4, 0.5) is 0 Å². The Morgan fingerprint density at radius 3 is 3.00 bits per heavy atom. The van der Waals surface area contributed by atoms with Crippen molar-refractivity contribution in [1.82, 2.24) is 9.78 Å². The zero-order valence-electron chi connectivity index (χ0n) is 6.27. The lowest BCUT2D eigenvalue weighted by atomic mass is 10.2. The molecular formula is C8H11N2O. The molecular weight excluding hydrogens is 140 g/mol. The van der Waals surface area contributed by atoms with Gasteiger partial charge >= 0.3 is 0 Å². The molecule has 1 heterocycles. The van der Waals surface area contributed by atoms with Gasteiger partial charge in [0.2, 0.25) is 0 Å². The van der Waals surface area contributed by atoms with Crippen molar-refractivity contribution in [2.24, 2.45) is 0 Å². The van der Waals surface area contributed by atoms with Crippen molar-refractivity contribution >= 4 is 0 Å². The van der Waals surface area contributed by atoms with Gasteiger partial charge in [-0.25, -0.2) is 0 Å². The summed E-state index contributed by atoms with van der Waals surface area (Å²) in [5, 5.41) is 13.5. The minimum atomic E-state index is -0.205. The van der Waals surface area contributed by atoms with Gasteiger partial charge in [-0.1, -0.05) is 0 Å². The highest BCUT2D eigenvalue weighted by Crippen LogP contribution is 2.28. The minimum absolute atomic E-state index is 0.196. The summed E-state index contributed by atoms with van der Waals surface area (Å²) >= 11 is 0. The van der Waals surface area contributed by atoms with E-state index in [9.17, 15) is 5.11 Å². The Kier molecular flexibility index (Phi) is 1.66. The summed E-state index contributed by atoms with van der Waals surface area (Å²) in [5.41, 5.74) is 0. The Morgan fingerprint density at radius 2 is 2.45 bits per heavy atom. The van der Waals surface area contributed by atoms with E-state index in [1.807, 2.05) is 0 Å². The van der Waals surface area contributed by atoms with Gasteiger partial charge in [-0.05, 0) is 19.3 Å². The fraction of sp³-hybridized carbons (Fsp3) is 0.625. The van der Waals surface area contributed by atoms with Crippen LogP contribution in [-0.4, -0.2) is 21.0 Å². The molecule has 1 N–H and O–H groups in total. The summed E-state index contributed by atoms with van der Waals surface area (Å²) in [6, 6.07) is 3.06. The lowest BCUT2D eigenvalue weighted by Crippen LogP contribution is -2.18. The van der Waals surface area contributed by atoms with Crippen molar-refractivity contribution in [2.75, 3.05) is 0 Å². The van der Waals surface area contributed by atoms with Crippen LogP contribution in [0.25, 0.3) is 0 Å². The zero-order chi connectivity index (χ0) is 7.68. The van der Waals surface area contributed by atoms with Gasteiger partial charge in [0.25, 0.3) is 0 Å². The average Bonchev–Trinajstić information content (AvgIpc) is 2.55. The van der Waals surface area contributed by atoms with Crippen LogP contribution in [0.1, 0.15) is 25.3 Å². The molecule has 59 valence electrons. The first-order valence-electron chi connectivity index (χ1n) is 3.96. The molecule has 1 aliphatic carbocycles. The van der Waals surface area contributed by atoms with Crippen LogP contribution in [0.3, 0.4) is 0 Å². The largest absolute Gasteiger partial charge is 0.391 e. The first-order valence-corrected chi connectivity index (χ1v) is 3.96. The maximum Gasteiger partial charge on any atom is 0.0778 e. The minimum Gasteiger partial charge on any atom is -0.391 e. The van der Waals surface area contributed by atoms with Crippen LogP contribution >= 0.6 is 0 Å². The molecule has 2 unspecified atom stereocenters. The number of rotatable bonds is 1.